The van der Waals surface area contributed by atoms with Crippen molar-refractivity contribution in [2.45, 2.75) is 19.8 Å². The second-order valence-corrected chi connectivity index (χ2v) is 5.40. The van der Waals surface area contributed by atoms with E-state index in [-0.39, 0.29) is 29.3 Å². The molecule has 24 heavy (non-hydrogen) atoms. The molecule has 122 valence electrons. The monoisotopic (exact) mass is 323 g/mol. The van der Waals surface area contributed by atoms with E-state index in [2.05, 4.69) is 10.2 Å². The number of carbonyl (C=O) groups is 1. The third-order valence-electron chi connectivity index (χ3n) is 3.85. The second-order valence-electron chi connectivity index (χ2n) is 5.40. The molecule has 3 aromatic rings. The summed E-state index contributed by atoms with van der Waals surface area (Å²) in [4.78, 5) is 12.6. The van der Waals surface area contributed by atoms with Crippen LogP contribution >= 0.6 is 0 Å². The van der Waals surface area contributed by atoms with E-state index in [0.717, 1.165) is 5.69 Å². The number of hydrogen-bond donors (Lipinski definition) is 2. The minimum atomic E-state index is -0.285. The summed E-state index contributed by atoms with van der Waals surface area (Å²) < 4.78 is 1.73. The predicted molar refractivity (Wildman–Crippen MR) is 88.5 cm³/mol. The molecule has 2 N–H and O–H groups in total. The van der Waals surface area contributed by atoms with Gasteiger partial charge in [0.1, 0.15) is 23.7 Å². The Bertz CT molecular complexity index is 872. The Balaban J connectivity index is 1.91. The van der Waals surface area contributed by atoms with Crippen LogP contribution in [-0.4, -0.2) is 30.8 Å². The lowest BCUT2D eigenvalue weighted by atomic mass is 10.0. The number of aromatic hydroxyl groups is 2. The molecule has 0 aliphatic rings. The first-order chi connectivity index (χ1) is 11.6. The number of nitrogens with zero attached hydrogens (tertiary/aromatic N) is 3. The van der Waals surface area contributed by atoms with Crippen LogP contribution < -0.4 is 0 Å². The largest absolute Gasteiger partial charge is 0.508 e. The molecule has 0 aliphatic carbocycles. The van der Waals surface area contributed by atoms with E-state index < -0.39 is 0 Å². The van der Waals surface area contributed by atoms with E-state index in [1.807, 2.05) is 37.3 Å². The molecule has 6 heteroatoms. The molecular formula is C18H17N3O3. The SMILES string of the molecule is CCc1cc(C(=O)Cc2nncn2-c2ccccc2)c(O)cc1O. The molecular weight excluding hydrogens is 306 g/mol. The summed E-state index contributed by atoms with van der Waals surface area (Å²) >= 11 is 0. The van der Waals surface area contributed by atoms with Crippen LogP contribution in [0.2, 0.25) is 0 Å². The lowest BCUT2D eigenvalue weighted by Gasteiger charge is -2.09. The summed E-state index contributed by atoms with van der Waals surface area (Å²) in [7, 11) is 0. The fourth-order valence-corrected chi connectivity index (χ4v) is 2.55. The number of benzene rings is 2. The molecule has 0 spiro atoms. The number of hydrogen-bond acceptors (Lipinski definition) is 5. The summed E-state index contributed by atoms with van der Waals surface area (Å²) in [5.41, 5.74) is 1.64. The molecule has 6 nitrogen and oxygen atoms in total. The molecule has 0 saturated heterocycles. The number of phenolic OH excluding ortho intramolecular Hbond substituents is 2. The normalized spacial score (nSPS) is 10.7. The molecule has 3 rings (SSSR count). The predicted octanol–water partition coefficient (Wildman–Crippen LogP) is 2.67. The highest BCUT2D eigenvalue weighted by atomic mass is 16.3. The molecule has 0 bridgehead atoms. The van der Waals surface area contributed by atoms with Crippen LogP contribution in [0.5, 0.6) is 11.5 Å². The Hall–Kier alpha value is -3.15. The van der Waals surface area contributed by atoms with Gasteiger partial charge < -0.3 is 10.2 Å². The summed E-state index contributed by atoms with van der Waals surface area (Å²) in [6, 6.07) is 12.2. The zero-order chi connectivity index (χ0) is 17.1. The highest BCUT2D eigenvalue weighted by molar-refractivity contribution is 6.00. The van der Waals surface area contributed by atoms with Crippen molar-refractivity contribution in [2.24, 2.45) is 0 Å². The molecule has 1 heterocycles. The van der Waals surface area contributed by atoms with E-state index in [9.17, 15) is 15.0 Å². The number of aryl methyl sites for hydroxylation is 1. The summed E-state index contributed by atoms with van der Waals surface area (Å²) in [6.07, 6.45) is 2.11. The number of aromatic nitrogens is 3. The van der Waals surface area contributed by atoms with E-state index >= 15 is 0 Å². The fraction of sp³-hybridized carbons (Fsp3) is 0.167. The van der Waals surface area contributed by atoms with Gasteiger partial charge in [0.15, 0.2) is 5.78 Å². The average Bonchev–Trinajstić information content (AvgIpc) is 3.03. The van der Waals surface area contributed by atoms with Gasteiger partial charge in [-0.05, 0) is 30.2 Å². The van der Waals surface area contributed by atoms with Gasteiger partial charge in [-0.15, -0.1) is 10.2 Å². The third-order valence-corrected chi connectivity index (χ3v) is 3.85. The highest BCUT2D eigenvalue weighted by Gasteiger charge is 2.18. The molecule has 1 aromatic heterocycles. The molecule has 0 amide bonds. The fourth-order valence-electron chi connectivity index (χ4n) is 2.55. The van der Waals surface area contributed by atoms with Gasteiger partial charge in [-0.25, -0.2) is 0 Å². The van der Waals surface area contributed by atoms with Gasteiger partial charge >= 0.3 is 0 Å². The van der Waals surface area contributed by atoms with Gasteiger partial charge in [0, 0.05) is 11.8 Å². The Morgan fingerprint density at radius 1 is 1.12 bits per heavy atom. The molecule has 0 fully saturated rings. The van der Waals surface area contributed by atoms with Gasteiger partial charge in [-0.3, -0.25) is 9.36 Å². The van der Waals surface area contributed by atoms with Crippen molar-refractivity contribution in [1.82, 2.24) is 14.8 Å². The smallest absolute Gasteiger partial charge is 0.174 e. The van der Waals surface area contributed by atoms with Crippen LogP contribution in [0.1, 0.15) is 28.7 Å². The van der Waals surface area contributed by atoms with Crippen LogP contribution in [0.4, 0.5) is 0 Å². The lowest BCUT2D eigenvalue weighted by Crippen LogP contribution is -2.10. The number of Topliss-reactive ketones (excluding diaryl/α,β-unsaturated/α-hetero) is 1. The Morgan fingerprint density at radius 3 is 2.58 bits per heavy atom. The summed E-state index contributed by atoms with van der Waals surface area (Å²) in [5.74, 6) is -0.0522. The number of phenols is 2. The first kappa shape index (κ1) is 15.7. The number of para-hydroxylation sites is 1. The van der Waals surface area contributed by atoms with Gasteiger partial charge in [0.25, 0.3) is 0 Å². The number of rotatable bonds is 5. The van der Waals surface area contributed by atoms with E-state index in [0.29, 0.717) is 17.8 Å². The number of ketones is 1. The van der Waals surface area contributed by atoms with Crippen molar-refractivity contribution in [3.63, 3.8) is 0 Å². The molecule has 0 unspecified atom stereocenters. The minimum absolute atomic E-state index is 0.00359. The molecule has 0 atom stereocenters. The van der Waals surface area contributed by atoms with Crippen LogP contribution in [0.15, 0.2) is 48.8 Å². The van der Waals surface area contributed by atoms with Gasteiger partial charge in [0.05, 0.1) is 12.0 Å². The van der Waals surface area contributed by atoms with E-state index in [1.54, 1.807) is 10.9 Å². The third kappa shape index (κ3) is 2.99. The van der Waals surface area contributed by atoms with Crippen molar-refractivity contribution in [2.75, 3.05) is 0 Å². The maximum Gasteiger partial charge on any atom is 0.174 e. The first-order valence-corrected chi connectivity index (χ1v) is 7.62. The Labute approximate surface area is 139 Å². The highest BCUT2D eigenvalue weighted by Crippen LogP contribution is 2.28. The lowest BCUT2D eigenvalue weighted by molar-refractivity contribution is 0.0987. The zero-order valence-corrected chi connectivity index (χ0v) is 13.2. The van der Waals surface area contributed by atoms with Crippen LogP contribution in [0.25, 0.3) is 5.69 Å². The Morgan fingerprint density at radius 2 is 1.88 bits per heavy atom. The van der Waals surface area contributed by atoms with Gasteiger partial charge in [-0.2, -0.15) is 0 Å². The zero-order valence-electron chi connectivity index (χ0n) is 13.2. The molecule has 0 saturated carbocycles. The summed E-state index contributed by atoms with van der Waals surface area (Å²) in [5, 5.41) is 27.6. The van der Waals surface area contributed by atoms with E-state index in [4.69, 9.17) is 0 Å². The van der Waals surface area contributed by atoms with Crippen molar-refractivity contribution in [3.05, 3.63) is 65.7 Å². The van der Waals surface area contributed by atoms with Crippen molar-refractivity contribution in [1.29, 1.82) is 0 Å². The van der Waals surface area contributed by atoms with Gasteiger partial charge in [0.2, 0.25) is 0 Å². The van der Waals surface area contributed by atoms with Crippen molar-refractivity contribution in [3.8, 4) is 17.2 Å². The maximum absolute atomic E-state index is 12.6. The Kier molecular flexibility index (Phi) is 4.29. The molecule has 0 aliphatic heterocycles. The second kappa shape index (κ2) is 6.54. The minimum Gasteiger partial charge on any atom is -0.508 e. The van der Waals surface area contributed by atoms with Crippen LogP contribution in [0.3, 0.4) is 0 Å². The van der Waals surface area contributed by atoms with Gasteiger partial charge in [-0.1, -0.05) is 25.1 Å². The quantitative estimate of drug-likeness (QED) is 0.705. The average molecular weight is 323 g/mol. The topological polar surface area (TPSA) is 88.2 Å². The standard InChI is InChI=1S/C18H17N3O3/c1-2-12-8-14(16(23)9-15(12)22)17(24)10-18-20-19-11-21(18)13-6-4-3-5-7-13/h3-9,11,22-23H,2,10H2,1H3. The summed E-state index contributed by atoms with van der Waals surface area (Å²) in [6.45, 7) is 1.87. The van der Waals surface area contributed by atoms with E-state index in [1.165, 1.54) is 12.1 Å². The molecule has 0 radical (unpaired) electrons. The first-order valence-electron chi connectivity index (χ1n) is 7.62. The van der Waals surface area contributed by atoms with Crippen molar-refractivity contribution >= 4 is 5.78 Å². The number of carbonyl (C=O) groups excluding carboxylic acids is 1. The molecule has 2 aromatic carbocycles. The van der Waals surface area contributed by atoms with Crippen LogP contribution in [-0.2, 0) is 12.8 Å². The van der Waals surface area contributed by atoms with Crippen molar-refractivity contribution < 1.29 is 15.0 Å². The maximum atomic E-state index is 12.6. The van der Waals surface area contributed by atoms with Crippen LogP contribution in [0, 0.1) is 0 Å².